The van der Waals surface area contributed by atoms with E-state index in [1.807, 2.05) is 0 Å². The third-order valence-corrected chi connectivity index (χ3v) is 6.92. The minimum atomic E-state index is -3.53. The molecule has 1 aliphatic heterocycles. The van der Waals surface area contributed by atoms with Gasteiger partial charge < -0.3 is 0 Å². The molecule has 9 heteroatoms. The lowest BCUT2D eigenvalue weighted by atomic mass is 9.98. The molecule has 0 spiro atoms. The summed E-state index contributed by atoms with van der Waals surface area (Å²) in [5.74, 6) is 0.263. The largest absolute Gasteiger partial charge is 0.299 e. The quantitative estimate of drug-likeness (QED) is 0.871. The Hall–Kier alpha value is -2.00. The van der Waals surface area contributed by atoms with Crippen LogP contribution in [0, 0.1) is 26.7 Å². The van der Waals surface area contributed by atoms with E-state index in [-0.39, 0.29) is 16.4 Å². The molecule has 1 saturated heterocycles. The van der Waals surface area contributed by atoms with Crippen LogP contribution >= 0.6 is 0 Å². The second-order valence-corrected chi connectivity index (χ2v) is 8.52. The number of hydrogen-bond donors (Lipinski definition) is 1. The van der Waals surface area contributed by atoms with Crippen LogP contribution in [0.25, 0.3) is 0 Å². The van der Waals surface area contributed by atoms with Crippen molar-refractivity contribution >= 4 is 10.0 Å². The third-order valence-electron chi connectivity index (χ3n) is 4.76. The molecule has 3 rings (SSSR count). The van der Waals surface area contributed by atoms with Crippen molar-refractivity contribution in [2.45, 2.75) is 45.1 Å². The average molecular weight is 365 g/mol. The Morgan fingerprint density at radius 2 is 1.92 bits per heavy atom. The summed E-state index contributed by atoms with van der Waals surface area (Å²) in [6.45, 7) is 6.63. The SMILES string of the molecule is Cc1n[nH]c(C)c1S(=O)(=O)N1CCC(Cn2cncc(C)c2=O)CC1. The molecule has 25 heavy (non-hydrogen) atoms. The highest BCUT2D eigenvalue weighted by Crippen LogP contribution is 2.27. The fraction of sp³-hybridized carbons (Fsp3) is 0.562. The molecule has 8 nitrogen and oxygen atoms in total. The number of hydrogen-bond acceptors (Lipinski definition) is 5. The second kappa shape index (κ2) is 6.72. The summed E-state index contributed by atoms with van der Waals surface area (Å²) < 4.78 is 28.8. The molecule has 3 heterocycles. The van der Waals surface area contributed by atoms with Gasteiger partial charge in [0.2, 0.25) is 10.0 Å². The molecular formula is C16H23N5O3S. The summed E-state index contributed by atoms with van der Waals surface area (Å²) in [6.07, 6.45) is 4.55. The number of nitrogens with one attached hydrogen (secondary N) is 1. The van der Waals surface area contributed by atoms with Crippen LogP contribution in [0.3, 0.4) is 0 Å². The van der Waals surface area contributed by atoms with Crippen LogP contribution in [0.4, 0.5) is 0 Å². The lowest BCUT2D eigenvalue weighted by Crippen LogP contribution is -2.40. The van der Waals surface area contributed by atoms with E-state index >= 15 is 0 Å². The van der Waals surface area contributed by atoms with Crippen LogP contribution in [0.2, 0.25) is 0 Å². The number of aryl methyl sites for hydroxylation is 3. The Kier molecular flexibility index (Phi) is 4.79. The fourth-order valence-electron chi connectivity index (χ4n) is 3.35. The van der Waals surface area contributed by atoms with E-state index < -0.39 is 10.0 Å². The maximum atomic E-state index is 12.9. The van der Waals surface area contributed by atoms with Gasteiger partial charge in [-0.1, -0.05) is 0 Å². The van der Waals surface area contributed by atoms with Crippen molar-refractivity contribution in [3.63, 3.8) is 0 Å². The predicted octanol–water partition coefficient (Wildman–Crippen LogP) is 0.993. The van der Waals surface area contributed by atoms with Crippen molar-refractivity contribution in [1.82, 2.24) is 24.1 Å². The van der Waals surface area contributed by atoms with Gasteiger partial charge in [-0.15, -0.1) is 0 Å². The van der Waals surface area contributed by atoms with Crippen LogP contribution in [0.15, 0.2) is 22.2 Å². The van der Waals surface area contributed by atoms with Crippen molar-refractivity contribution in [3.05, 3.63) is 39.8 Å². The Balaban J connectivity index is 1.70. The number of sulfonamides is 1. The van der Waals surface area contributed by atoms with Gasteiger partial charge in [-0.05, 0) is 39.5 Å². The zero-order valence-corrected chi connectivity index (χ0v) is 15.5. The highest BCUT2D eigenvalue weighted by Gasteiger charge is 2.32. The Bertz CT molecular complexity index is 904. The maximum absolute atomic E-state index is 12.9. The van der Waals surface area contributed by atoms with Crippen molar-refractivity contribution < 1.29 is 8.42 Å². The molecule has 2 aromatic heterocycles. The lowest BCUT2D eigenvalue weighted by molar-refractivity contribution is 0.250. The van der Waals surface area contributed by atoms with Gasteiger partial charge in [0.05, 0.1) is 17.7 Å². The van der Waals surface area contributed by atoms with Gasteiger partial charge >= 0.3 is 0 Å². The summed E-state index contributed by atoms with van der Waals surface area (Å²) >= 11 is 0. The molecule has 0 aromatic carbocycles. The minimum Gasteiger partial charge on any atom is -0.299 e. The highest BCUT2D eigenvalue weighted by molar-refractivity contribution is 7.89. The second-order valence-electron chi connectivity index (χ2n) is 6.64. The summed E-state index contributed by atoms with van der Waals surface area (Å²) in [4.78, 5) is 16.4. The molecule has 2 aromatic rings. The summed E-state index contributed by atoms with van der Waals surface area (Å²) in [5.41, 5.74) is 1.65. The van der Waals surface area contributed by atoms with Gasteiger partial charge in [-0.25, -0.2) is 13.4 Å². The summed E-state index contributed by atoms with van der Waals surface area (Å²) in [6, 6.07) is 0. The Morgan fingerprint density at radius 3 is 2.52 bits per heavy atom. The Morgan fingerprint density at radius 1 is 1.24 bits per heavy atom. The summed E-state index contributed by atoms with van der Waals surface area (Å²) in [5, 5.41) is 6.72. The summed E-state index contributed by atoms with van der Waals surface area (Å²) in [7, 11) is -3.53. The molecule has 0 atom stereocenters. The number of H-pyrrole nitrogens is 1. The molecular weight excluding hydrogens is 342 g/mol. The van der Waals surface area contributed by atoms with E-state index in [1.165, 1.54) is 4.31 Å². The molecule has 1 fully saturated rings. The van der Waals surface area contributed by atoms with E-state index in [4.69, 9.17) is 0 Å². The molecule has 0 bridgehead atoms. The smallest absolute Gasteiger partial charge is 0.256 e. The van der Waals surface area contributed by atoms with Gasteiger partial charge in [-0.3, -0.25) is 14.5 Å². The fourth-order valence-corrected chi connectivity index (χ4v) is 5.15. The molecule has 1 aliphatic rings. The lowest BCUT2D eigenvalue weighted by Gasteiger charge is -2.31. The van der Waals surface area contributed by atoms with Gasteiger partial charge in [0, 0.05) is 31.4 Å². The monoisotopic (exact) mass is 365 g/mol. The van der Waals surface area contributed by atoms with Gasteiger partial charge in [0.15, 0.2) is 0 Å². The maximum Gasteiger partial charge on any atom is 0.256 e. The predicted molar refractivity (Wildman–Crippen MR) is 92.8 cm³/mol. The van der Waals surface area contributed by atoms with Crippen molar-refractivity contribution in [3.8, 4) is 0 Å². The Labute approximate surface area is 146 Å². The topological polar surface area (TPSA) is 101 Å². The van der Waals surface area contributed by atoms with E-state index in [2.05, 4.69) is 15.2 Å². The van der Waals surface area contributed by atoms with E-state index in [9.17, 15) is 13.2 Å². The van der Waals surface area contributed by atoms with Crippen LogP contribution in [0.1, 0.15) is 29.8 Å². The first-order valence-corrected chi connectivity index (χ1v) is 9.77. The molecule has 0 amide bonds. The first-order valence-electron chi connectivity index (χ1n) is 8.33. The van der Waals surface area contributed by atoms with E-state index in [0.717, 1.165) is 12.8 Å². The first kappa shape index (κ1) is 17.8. The number of piperidine rings is 1. The molecule has 0 radical (unpaired) electrons. The standard InChI is InChI=1S/C16H23N5O3S/c1-11-8-17-10-20(16(11)22)9-14-4-6-21(7-5-14)25(23,24)15-12(2)18-19-13(15)3/h8,10,14H,4-7,9H2,1-3H3,(H,18,19). The van der Waals surface area contributed by atoms with E-state index in [0.29, 0.717) is 36.6 Å². The molecule has 1 N–H and O–H groups in total. The molecule has 0 unspecified atom stereocenters. The number of rotatable bonds is 4. The molecule has 0 saturated carbocycles. The van der Waals surface area contributed by atoms with Crippen molar-refractivity contribution in [2.75, 3.05) is 13.1 Å². The van der Waals surface area contributed by atoms with E-state index in [1.54, 1.807) is 37.9 Å². The number of aromatic amines is 1. The zero-order valence-electron chi connectivity index (χ0n) is 14.7. The van der Waals surface area contributed by atoms with Crippen LogP contribution in [0.5, 0.6) is 0 Å². The number of nitrogens with zero attached hydrogens (tertiary/aromatic N) is 4. The van der Waals surface area contributed by atoms with Gasteiger partial charge in [0.25, 0.3) is 5.56 Å². The molecule has 0 aliphatic carbocycles. The van der Waals surface area contributed by atoms with Crippen LogP contribution < -0.4 is 5.56 Å². The average Bonchev–Trinajstić information content (AvgIpc) is 2.92. The zero-order chi connectivity index (χ0) is 18.2. The van der Waals surface area contributed by atoms with Crippen molar-refractivity contribution in [1.29, 1.82) is 0 Å². The van der Waals surface area contributed by atoms with Gasteiger partial charge in [0.1, 0.15) is 4.90 Å². The van der Waals surface area contributed by atoms with Gasteiger partial charge in [-0.2, -0.15) is 9.40 Å². The first-order chi connectivity index (χ1) is 11.8. The van der Waals surface area contributed by atoms with Crippen LogP contribution in [-0.2, 0) is 16.6 Å². The van der Waals surface area contributed by atoms with Crippen molar-refractivity contribution in [2.24, 2.45) is 5.92 Å². The number of aromatic nitrogens is 4. The third kappa shape index (κ3) is 3.38. The minimum absolute atomic E-state index is 0.0327. The normalized spacial score (nSPS) is 17.1. The molecule has 136 valence electrons. The van der Waals surface area contributed by atoms with Crippen LogP contribution in [-0.4, -0.2) is 45.6 Å². The highest BCUT2D eigenvalue weighted by atomic mass is 32.2.